The molecule has 0 atom stereocenters. The molecule has 0 saturated heterocycles. The second kappa shape index (κ2) is 15.0. The van der Waals surface area contributed by atoms with Crippen molar-refractivity contribution in [1.29, 1.82) is 0 Å². The second-order valence-corrected chi connectivity index (χ2v) is 14.6. The Bertz CT molecular complexity index is 2920. The largest absolute Gasteiger partial charge is 0.0985 e. The van der Waals surface area contributed by atoms with E-state index in [-0.39, 0.29) is 0 Å². The molecule has 0 spiro atoms. The van der Waals surface area contributed by atoms with Crippen LogP contribution in [0.4, 0.5) is 0 Å². The van der Waals surface area contributed by atoms with Gasteiger partial charge in [-0.3, -0.25) is 0 Å². The first-order valence-corrected chi connectivity index (χ1v) is 20.2. The minimum absolute atomic E-state index is 1.02. The standard InChI is InChI=1S/C54H40.C2H6/c1-3-35-33-52(45-22-9-7-20-43(45)41(35)4-2)38-17-15-18-40(32-38)54-49-26-13-11-24-47(49)53(48-25-12-14-27-50(48)54)37-30-28-36(29-31-37)51-34-39-16-5-6-19-42(39)44-21-8-10-23-46(44)51;1-2/h3,5-6,8-19,21-34H,1,4,7,20H2,2H3;1-2H3. The van der Waals surface area contributed by atoms with Crippen LogP contribution in [0.25, 0.3) is 99.7 Å². The molecular weight excluding hydrogens is 673 g/mol. The fourth-order valence-electron chi connectivity index (χ4n) is 9.27. The average Bonchev–Trinajstić information content (AvgIpc) is 3.28. The molecule has 0 fully saturated rings. The SMILES string of the molecule is C=Cc1cc(-c2cccc(-c3c4ccccc4c(-c4ccc(-c5cc6ccccc6c6ccccc56)cc4)c4ccccc34)c2)c2c(c1CC)CCC=C2.CC. The van der Waals surface area contributed by atoms with Crippen LogP contribution >= 0.6 is 0 Å². The zero-order chi connectivity index (χ0) is 38.2. The van der Waals surface area contributed by atoms with Gasteiger partial charge in [0.2, 0.25) is 0 Å². The van der Waals surface area contributed by atoms with Gasteiger partial charge in [-0.05, 0) is 147 Å². The van der Waals surface area contributed by atoms with Crippen molar-refractivity contribution in [3.63, 3.8) is 0 Å². The predicted octanol–water partition coefficient (Wildman–Crippen LogP) is 16.2. The van der Waals surface area contributed by atoms with Gasteiger partial charge < -0.3 is 0 Å². The molecule has 270 valence electrons. The normalized spacial score (nSPS) is 12.1. The molecule has 10 rings (SSSR count). The summed E-state index contributed by atoms with van der Waals surface area (Å²) in [5, 5.41) is 10.2. The van der Waals surface area contributed by atoms with Gasteiger partial charge in [-0.15, -0.1) is 0 Å². The van der Waals surface area contributed by atoms with E-state index in [1.54, 1.807) is 0 Å². The molecule has 0 bridgehead atoms. The Labute approximate surface area is 331 Å². The molecule has 0 unspecified atom stereocenters. The molecular formula is C56H46. The summed E-state index contributed by atoms with van der Waals surface area (Å²) >= 11 is 0. The molecule has 56 heavy (non-hydrogen) atoms. The van der Waals surface area contributed by atoms with E-state index >= 15 is 0 Å². The predicted molar refractivity (Wildman–Crippen MR) is 246 cm³/mol. The average molecular weight is 719 g/mol. The van der Waals surface area contributed by atoms with Gasteiger partial charge in [0.25, 0.3) is 0 Å². The van der Waals surface area contributed by atoms with E-state index in [2.05, 4.69) is 183 Å². The molecule has 0 aliphatic heterocycles. The lowest BCUT2D eigenvalue weighted by atomic mass is 9.82. The van der Waals surface area contributed by atoms with Crippen molar-refractivity contribution in [2.24, 2.45) is 0 Å². The number of rotatable bonds is 6. The molecule has 0 N–H and O–H groups in total. The van der Waals surface area contributed by atoms with Gasteiger partial charge in [0.15, 0.2) is 0 Å². The first-order valence-electron chi connectivity index (χ1n) is 20.2. The van der Waals surface area contributed by atoms with Crippen LogP contribution in [0.5, 0.6) is 0 Å². The number of benzene rings is 9. The van der Waals surface area contributed by atoms with Crippen LogP contribution in [-0.4, -0.2) is 0 Å². The van der Waals surface area contributed by atoms with Crippen molar-refractivity contribution >= 4 is 55.2 Å². The Morgan fingerprint density at radius 3 is 1.70 bits per heavy atom. The van der Waals surface area contributed by atoms with Crippen molar-refractivity contribution in [3.05, 3.63) is 193 Å². The summed E-state index contributed by atoms with van der Waals surface area (Å²) in [4.78, 5) is 0. The van der Waals surface area contributed by atoms with Crippen molar-refractivity contribution in [3.8, 4) is 44.5 Å². The monoisotopic (exact) mass is 718 g/mol. The highest BCUT2D eigenvalue weighted by Crippen LogP contribution is 2.46. The molecule has 0 heteroatoms. The van der Waals surface area contributed by atoms with Gasteiger partial charge in [0, 0.05) is 0 Å². The molecule has 0 saturated carbocycles. The Kier molecular flexibility index (Phi) is 9.41. The third kappa shape index (κ3) is 5.85. The Morgan fingerprint density at radius 1 is 0.500 bits per heavy atom. The van der Waals surface area contributed by atoms with Crippen molar-refractivity contribution in [1.82, 2.24) is 0 Å². The van der Waals surface area contributed by atoms with Crippen LogP contribution in [0.1, 0.15) is 49.4 Å². The number of fused-ring (bicyclic) bond motifs is 6. The zero-order valence-electron chi connectivity index (χ0n) is 32.6. The summed E-state index contributed by atoms with van der Waals surface area (Å²) in [5.74, 6) is 0. The van der Waals surface area contributed by atoms with Crippen molar-refractivity contribution in [2.75, 3.05) is 0 Å². The number of hydrogen-bond donors (Lipinski definition) is 0. The van der Waals surface area contributed by atoms with E-state index in [1.807, 2.05) is 19.9 Å². The minimum Gasteiger partial charge on any atom is -0.0985 e. The summed E-state index contributed by atoms with van der Waals surface area (Å²) < 4.78 is 0. The molecule has 0 aromatic heterocycles. The van der Waals surface area contributed by atoms with Gasteiger partial charge in [0.1, 0.15) is 0 Å². The molecule has 0 heterocycles. The molecule has 0 radical (unpaired) electrons. The van der Waals surface area contributed by atoms with Crippen LogP contribution in [-0.2, 0) is 12.8 Å². The first kappa shape index (κ1) is 35.2. The minimum atomic E-state index is 1.02. The smallest absolute Gasteiger partial charge is 0.00262 e. The van der Waals surface area contributed by atoms with Crippen molar-refractivity contribution in [2.45, 2.75) is 40.0 Å². The highest BCUT2D eigenvalue weighted by Gasteiger charge is 2.20. The highest BCUT2D eigenvalue weighted by atomic mass is 14.2. The zero-order valence-corrected chi connectivity index (χ0v) is 32.6. The molecule has 9 aromatic carbocycles. The van der Waals surface area contributed by atoms with Gasteiger partial charge in [0.05, 0.1) is 0 Å². The summed E-state index contributed by atoms with van der Waals surface area (Å²) in [5.41, 5.74) is 15.6. The Morgan fingerprint density at radius 2 is 1.05 bits per heavy atom. The fraction of sp³-hybridized carbons (Fsp3) is 0.107. The third-order valence-electron chi connectivity index (χ3n) is 11.7. The topological polar surface area (TPSA) is 0 Å². The van der Waals surface area contributed by atoms with E-state index in [9.17, 15) is 0 Å². The van der Waals surface area contributed by atoms with E-state index in [0.717, 1.165) is 19.3 Å². The molecule has 1 aliphatic carbocycles. The number of allylic oxidation sites excluding steroid dienone is 1. The third-order valence-corrected chi connectivity index (χ3v) is 11.7. The Hall–Kier alpha value is -6.50. The maximum Gasteiger partial charge on any atom is -0.00262 e. The van der Waals surface area contributed by atoms with E-state index in [4.69, 9.17) is 0 Å². The van der Waals surface area contributed by atoms with Crippen LogP contribution in [0.2, 0.25) is 0 Å². The van der Waals surface area contributed by atoms with Crippen LogP contribution in [0, 0.1) is 0 Å². The highest BCUT2D eigenvalue weighted by molar-refractivity contribution is 6.21. The molecule has 0 amide bonds. The van der Waals surface area contributed by atoms with Gasteiger partial charge in [-0.1, -0.05) is 185 Å². The van der Waals surface area contributed by atoms with E-state index in [1.165, 1.54) is 110 Å². The van der Waals surface area contributed by atoms with Crippen molar-refractivity contribution < 1.29 is 0 Å². The summed E-state index contributed by atoms with van der Waals surface area (Å²) in [7, 11) is 0. The summed E-state index contributed by atoms with van der Waals surface area (Å²) in [6.45, 7) is 10.5. The lowest BCUT2D eigenvalue weighted by Gasteiger charge is -2.22. The maximum absolute atomic E-state index is 4.21. The van der Waals surface area contributed by atoms with Gasteiger partial charge in [-0.2, -0.15) is 0 Å². The van der Waals surface area contributed by atoms with Crippen LogP contribution < -0.4 is 0 Å². The maximum atomic E-state index is 4.21. The number of hydrogen-bond acceptors (Lipinski definition) is 0. The first-order chi connectivity index (χ1) is 27.7. The van der Waals surface area contributed by atoms with E-state index < -0.39 is 0 Å². The lowest BCUT2D eigenvalue weighted by Crippen LogP contribution is -2.04. The summed E-state index contributed by atoms with van der Waals surface area (Å²) in [6, 6.07) is 58.6. The van der Waals surface area contributed by atoms with Gasteiger partial charge in [-0.25, -0.2) is 0 Å². The van der Waals surface area contributed by atoms with Gasteiger partial charge >= 0.3 is 0 Å². The summed E-state index contributed by atoms with van der Waals surface area (Å²) in [6.07, 6.45) is 9.92. The second-order valence-electron chi connectivity index (χ2n) is 14.6. The Balaban J connectivity index is 0.00000202. The fourth-order valence-corrected chi connectivity index (χ4v) is 9.27. The molecule has 0 nitrogen and oxygen atoms in total. The molecule has 1 aliphatic rings. The molecule has 9 aromatic rings. The quantitative estimate of drug-likeness (QED) is 0.119. The lowest BCUT2D eigenvalue weighted by molar-refractivity contribution is 0.945. The van der Waals surface area contributed by atoms with Crippen LogP contribution in [0.15, 0.2) is 170 Å². The van der Waals surface area contributed by atoms with E-state index in [0.29, 0.717) is 0 Å². The van der Waals surface area contributed by atoms with Crippen LogP contribution in [0.3, 0.4) is 0 Å².